The summed E-state index contributed by atoms with van der Waals surface area (Å²) in [6.07, 6.45) is 0. The van der Waals surface area contributed by atoms with Gasteiger partial charge in [-0.15, -0.1) is 0 Å². The molecule has 19 heavy (non-hydrogen) atoms. The summed E-state index contributed by atoms with van der Waals surface area (Å²) in [6.45, 7) is 1.80. The number of carbonyl (C=O) groups is 1. The average molecular weight is 253 g/mol. The molecule has 3 rings (SSSR count). The zero-order valence-corrected chi connectivity index (χ0v) is 10.7. The molecule has 0 radical (unpaired) electrons. The summed E-state index contributed by atoms with van der Waals surface area (Å²) >= 11 is 0. The van der Waals surface area contributed by atoms with Gasteiger partial charge in [-0.25, -0.2) is 0 Å². The van der Waals surface area contributed by atoms with Gasteiger partial charge < -0.3 is 10.5 Å². The van der Waals surface area contributed by atoms with Crippen LogP contribution in [-0.4, -0.2) is 12.6 Å². The molecular weight excluding hydrogens is 238 g/mol. The second-order valence-electron chi connectivity index (χ2n) is 4.79. The van der Waals surface area contributed by atoms with Crippen molar-refractivity contribution in [2.75, 3.05) is 12.3 Å². The molecule has 0 spiro atoms. The Bertz CT molecular complexity index is 649. The predicted octanol–water partition coefficient (Wildman–Crippen LogP) is 2.94. The number of nitrogen functional groups attached to an aromatic ring is 1. The van der Waals surface area contributed by atoms with E-state index in [1.54, 1.807) is 0 Å². The molecule has 3 heteroatoms. The molecule has 0 aliphatic heterocycles. The summed E-state index contributed by atoms with van der Waals surface area (Å²) in [6, 6.07) is 14.1. The van der Waals surface area contributed by atoms with Gasteiger partial charge in [0.05, 0.1) is 0 Å². The third-order valence-electron chi connectivity index (χ3n) is 3.53. The first-order valence-electron chi connectivity index (χ1n) is 6.29. The molecule has 0 bridgehead atoms. The van der Waals surface area contributed by atoms with Crippen molar-refractivity contribution >= 4 is 11.7 Å². The molecule has 3 nitrogen and oxygen atoms in total. The van der Waals surface area contributed by atoms with E-state index in [0.717, 1.165) is 11.3 Å². The van der Waals surface area contributed by atoms with Crippen molar-refractivity contribution in [3.63, 3.8) is 0 Å². The Labute approximate surface area is 112 Å². The molecule has 96 valence electrons. The van der Waals surface area contributed by atoms with E-state index in [-0.39, 0.29) is 11.9 Å². The lowest BCUT2D eigenvalue weighted by Gasteiger charge is -2.13. The number of ether oxygens (including phenoxy) is 1. The van der Waals surface area contributed by atoms with Crippen LogP contribution in [0.1, 0.15) is 24.0 Å². The van der Waals surface area contributed by atoms with Gasteiger partial charge in [0.2, 0.25) is 0 Å². The second kappa shape index (κ2) is 4.43. The third-order valence-corrected chi connectivity index (χ3v) is 3.53. The van der Waals surface area contributed by atoms with E-state index >= 15 is 0 Å². The van der Waals surface area contributed by atoms with E-state index in [1.807, 2.05) is 30.3 Å². The highest BCUT2D eigenvalue weighted by Gasteiger charge is 2.29. The van der Waals surface area contributed by atoms with Crippen LogP contribution in [0.5, 0.6) is 0 Å². The first-order chi connectivity index (χ1) is 9.16. The van der Waals surface area contributed by atoms with Gasteiger partial charge in [-0.1, -0.05) is 30.3 Å². The summed E-state index contributed by atoms with van der Waals surface area (Å²) in [5.74, 6) is -0.173. The Morgan fingerprint density at radius 2 is 1.89 bits per heavy atom. The van der Waals surface area contributed by atoms with Crippen molar-refractivity contribution < 1.29 is 9.53 Å². The number of esters is 1. The highest BCUT2D eigenvalue weighted by Crippen LogP contribution is 2.45. The number of anilines is 1. The van der Waals surface area contributed by atoms with Gasteiger partial charge in [-0.2, -0.15) is 0 Å². The maximum absolute atomic E-state index is 11.0. The molecule has 1 aliphatic carbocycles. The van der Waals surface area contributed by atoms with Crippen molar-refractivity contribution in [2.24, 2.45) is 0 Å². The van der Waals surface area contributed by atoms with E-state index in [1.165, 1.54) is 23.6 Å². The Balaban J connectivity index is 2.09. The van der Waals surface area contributed by atoms with Crippen LogP contribution in [0.3, 0.4) is 0 Å². The quantitative estimate of drug-likeness (QED) is 0.661. The molecule has 0 saturated carbocycles. The van der Waals surface area contributed by atoms with E-state index in [0.29, 0.717) is 6.61 Å². The van der Waals surface area contributed by atoms with Crippen molar-refractivity contribution in [2.45, 2.75) is 12.8 Å². The molecule has 0 heterocycles. The molecule has 2 aromatic carbocycles. The summed E-state index contributed by atoms with van der Waals surface area (Å²) in [7, 11) is 0. The number of benzene rings is 2. The highest BCUT2D eigenvalue weighted by molar-refractivity contribution is 5.80. The van der Waals surface area contributed by atoms with Crippen LogP contribution in [0.15, 0.2) is 42.5 Å². The van der Waals surface area contributed by atoms with Gasteiger partial charge in [-0.3, -0.25) is 4.79 Å². The molecule has 1 atom stereocenters. The zero-order valence-electron chi connectivity index (χ0n) is 10.7. The van der Waals surface area contributed by atoms with Gasteiger partial charge in [0.1, 0.15) is 6.61 Å². The maximum Gasteiger partial charge on any atom is 0.302 e. The number of fused-ring (bicyclic) bond motifs is 3. The van der Waals surface area contributed by atoms with Crippen molar-refractivity contribution in [1.82, 2.24) is 0 Å². The number of nitrogens with two attached hydrogens (primary N) is 1. The molecule has 0 fully saturated rings. The Morgan fingerprint density at radius 1 is 1.16 bits per heavy atom. The lowest BCUT2D eigenvalue weighted by molar-refractivity contribution is -0.141. The normalized spacial score (nSPS) is 15.7. The van der Waals surface area contributed by atoms with Crippen LogP contribution >= 0.6 is 0 Å². The van der Waals surface area contributed by atoms with Crippen LogP contribution in [-0.2, 0) is 9.53 Å². The minimum Gasteiger partial charge on any atom is -0.465 e. The predicted molar refractivity (Wildman–Crippen MR) is 74.8 cm³/mol. The van der Waals surface area contributed by atoms with Gasteiger partial charge in [0, 0.05) is 18.5 Å². The number of hydrogen-bond donors (Lipinski definition) is 1. The zero-order chi connectivity index (χ0) is 13.4. The molecule has 0 aromatic heterocycles. The number of hydrogen-bond acceptors (Lipinski definition) is 3. The molecule has 1 aliphatic rings. The second-order valence-corrected chi connectivity index (χ2v) is 4.79. The molecular formula is C16H15NO2. The largest absolute Gasteiger partial charge is 0.465 e. The van der Waals surface area contributed by atoms with Crippen molar-refractivity contribution in [3.8, 4) is 11.1 Å². The fourth-order valence-corrected chi connectivity index (χ4v) is 2.71. The first kappa shape index (κ1) is 11.8. The molecule has 0 amide bonds. The highest BCUT2D eigenvalue weighted by atomic mass is 16.5. The molecule has 0 saturated heterocycles. The lowest BCUT2D eigenvalue weighted by atomic mass is 9.98. The van der Waals surface area contributed by atoms with Crippen molar-refractivity contribution in [3.05, 3.63) is 53.6 Å². The Kier molecular flexibility index (Phi) is 2.75. The van der Waals surface area contributed by atoms with E-state index < -0.39 is 0 Å². The van der Waals surface area contributed by atoms with Crippen LogP contribution in [0, 0.1) is 0 Å². The number of carbonyl (C=O) groups excluding carboxylic acids is 1. The van der Waals surface area contributed by atoms with Crippen LogP contribution in [0.25, 0.3) is 11.1 Å². The summed E-state index contributed by atoms with van der Waals surface area (Å²) in [5, 5.41) is 0. The van der Waals surface area contributed by atoms with E-state index in [4.69, 9.17) is 10.5 Å². The summed E-state index contributed by atoms with van der Waals surface area (Å²) in [5.41, 5.74) is 11.3. The van der Waals surface area contributed by atoms with Gasteiger partial charge in [-0.05, 0) is 34.4 Å². The summed E-state index contributed by atoms with van der Waals surface area (Å²) < 4.78 is 5.20. The van der Waals surface area contributed by atoms with E-state index in [2.05, 4.69) is 12.1 Å². The maximum atomic E-state index is 11.0. The van der Waals surface area contributed by atoms with Gasteiger partial charge >= 0.3 is 5.97 Å². The Morgan fingerprint density at radius 3 is 2.68 bits per heavy atom. The lowest BCUT2D eigenvalue weighted by Crippen LogP contribution is -2.10. The van der Waals surface area contributed by atoms with Crippen LogP contribution in [0.4, 0.5) is 5.69 Å². The standard InChI is InChI=1S/C16H15NO2/c1-10(18)19-9-16-13-5-3-2-4-12(13)14-7-6-11(17)8-15(14)16/h2-8,16H,9,17H2,1H3. The topological polar surface area (TPSA) is 52.3 Å². The summed E-state index contributed by atoms with van der Waals surface area (Å²) in [4.78, 5) is 11.0. The minimum absolute atomic E-state index is 0.0820. The average Bonchev–Trinajstić information content (AvgIpc) is 2.69. The molecule has 2 N–H and O–H groups in total. The van der Waals surface area contributed by atoms with E-state index in [9.17, 15) is 4.79 Å². The fourth-order valence-electron chi connectivity index (χ4n) is 2.71. The Hall–Kier alpha value is -2.29. The third kappa shape index (κ3) is 1.97. The van der Waals surface area contributed by atoms with Gasteiger partial charge in [0.15, 0.2) is 0 Å². The first-order valence-corrected chi connectivity index (χ1v) is 6.29. The molecule has 2 aromatic rings. The van der Waals surface area contributed by atoms with Crippen LogP contribution < -0.4 is 5.73 Å². The van der Waals surface area contributed by atoms with Crippen molar-refractivity contribution in [1.29, 1.82) is 0 Å². The smallest absolute Gasteiger partial charge is 0.302 e. The minimum atomic E-state index is -0.255. The van der Waals surface area contributed by atoms with Gasteiger partial charge in [0.25, 0.3) is 0 Å². The fraction of sp³-hybridized carbons (Fsp3) is 0.188. The molecule has 1 unspecified atom stereocenters. The number of rotatable bonds is 2. The monoisotopic (exact) mass is 253 g/mol. The SMILES string of the molecule is CC(=O)OCC1c2ccccc2-c2ccc(N)cc21. The van der Waals surface area contributed by atoms with Crippen LogP contribution in [0.2, 0.25) is 0 Å².